The maximum absolute atomic E-state index is 14.6. The van der Waals surface area contributed by atoms with Crippen molar-refractivity contribution in [2.24, 2.45) is 17.6 Å². The molecule has 0 amide bonds. The lowest BCUT2D eigenvalue weighted by Crippen LogP contribution is -2.56. The predicted molar refractivity (Wildman–Crippen MR) is 138 cm³/mol. The average Bonchev–Trinajstić information content (AvgIpc) is 3.20. The second kappa shape index (κ2) is 8.26. The minimum atomic E-state index is -0.321. The van der Waals surface area contributed by atoms with Crippen LogP contribution in [-0.4, -0.2) is 51.1 Å². The van der Waals surface area contributed by atoms with Crippen molar-refractivity contribution in [1.82, 2.24) is 24.9 Å². The number of aromatic amines is 1. The van der Waals surface area contributed by atoms with Crippen LogP contribution in [-0.2, 0) is 5.41 Å². The van der Waals surface area contributed by atoms with Crippen LogP contribution >= 0.6 is 0 Å². The van der Waals surface area contributed by atoms with Crippen LogP contribution in [0.25, 0.3) is 21.9 Å². The molecule has 0 bridgehead atoms. The Morgan fingerprint density at radius 2 is 1.97 bits per heavy atom. The van der Waals surface area contributed by atoms with Gasteiger partial charge in [0, 0.05) is 37.0 Å². The quantitative estimate of drug-likeness (QED) is 0.387. The van der Waals surface area contributed by atoms with Gasteiger partial charge < -0.3 is 25.7 Å². The number of fused-ring (bicyclic) bond motifs is 4. The van der Waals surface area contributed by atoms with Gasteiger partial charge in [-0.2, -0.15) is 9.97 Å². The van der Waals surface area contributed by atoms with Crippen LogP contribution in [0, 0.1) is 17.7 Å². The fraction of sp³-hybridized carbons (Fsp3) is 0.462. The normalized spacial score (nSPS) is 21.9. The second-order valence-electron chi connectivity index (χ2n) is 11.0. The number of hydrogen-bond acceptors (Lipinski definition) is 8. The van der Waals surface area contributed by atoms with Gasteiger partial charge in [-0.05, 0) is 36.8 Å². The molecule has 1 aliphatic heterocycles. The number of anilines is 2. The molecule has 36 heavy (non-hydrogen) atoms. The molecule has 3 unspecified atom stereocenters. The number of nitrogens with one attached hydrogen (secondary N) is 2. The van der Waals surface area contributed by atoms with E-state index in [1.165, 1.54) is 12.1 Å². The maximum atomic E-state index is 14.6. The van der Waals surface area contributed by atoms with Gasteiger partial charge in [0.25, 0.3) is 0 Å². The fourth-order valence-corrected chi connectivity index (χ4v) is 5.54. The van der Waals surface area contributed by atoms with Crippen LogP contribution in [0.5, 0.6) is 11.8 Å². The molecular formula is C26H31FN8O. The van der Waals surface area contributed by atoms with E-state index >= 15 is 0 Å². The van der Waals surface area contributed by atoms with Gasteiger partial charge >= 0.3 is 6.01 Å². The summed E-state index contributed by atoms with van der Waals surface area (Å²) in [5, 5.41) is 4.60. The van der Waals surface area contributed by atoms with E-state index in [9.17, 15) is 4.39 Å². The van der Waals surface area contributed by atoms with Gasteiger partial charge in [-0.3, -0.25) is 0 Å². The van der Waals surface area contributed by atoms with Crippen LogP contribution in [0.1, 0.15) is 39.4 Å². The molecule has 1 saturated carbocycles. The van der Waals surface area contributed by atoms with Gasteiger partial charge in [0.15, 0.2) is 5.75 Å². The summed E-state index contributed by atoms with van der Waals surface area (Å²) in [5.41, 5.74) is 8.09. The largest absolute Gasteiger partial charge is 0.421 e. The predicted octanol–water partition coefficient (Wildman–Crippen LogP) is 4.35. The van der Waals surface area contributed by atoms with Gasteiger partial charge in [-0.1, -0.05) is 20.8 Å². The number of rotatable bonds is 4. The van der Waals surface area contributed by atoms with Crippen molar-refractivity contribution < 1.29 is 9.13 Å². The molecular weight excluding hydrogens is 459 g/mol. The van der Waals surface area contributed by atoms with Crippen LogP contribution in [0.2, 0.25) is 0 Å². The Hall–Kier alpha value is -3.53. The van der Waals surface area contributed by atoms with Crippen molar-refractivity contribution in [3.8, 4) is 11.8 Å². The van der Waals surface area contributed by atoms with E-state index in [1.54, 1.807) is 19.4 Å². The van der Waals surface area contributed by atoms with Crippen LogP contribution < -0.4 is 20.7 Å². The number of aromatic nitrogens is 5. The maximum Gasteiger partial charge on any atom is 0.326 e. The number of hydrogen-bond donors (Lipinski definition) is 3. The van der Waals surface area contributed by atoms with Crippen molar-refractivity contribution in [2.45, 2.75) is 45.1 Å². The first kappa shape index (κ1) is 22.9. The molecule has 0 spiro atoms. The highest BCUT2D eigenvalue weighted by Crippen LogP contribution is 2.43. The van der Waals surface area contributed by atoms with E-state index in [0.29, 0.717) is 28.9 Å². The first-order valence-corrected chi connectivity index (χ1v) is 12.4. The Morgan fingerprint density at radius 3 is 2.64 bits per heavy atom. The number of ether oxygens (including phenoxy) is 1. The summed E-state index contributed by atoms with van der Waals surface area (Å²) in [5.74, 6) is 2.69. The summed E-state index contributed by atoms with van der Waals surface area (Å²) in [6.45, 7) is 7.85. The molecule has 4 N–H and O–H groups in total. The minimum Gasteiger partial charge on any atom is -0.421 e. The Kier molecular flexibility index (Phi) is 5.26. The highest BCUT2D eigenvalue weighted by atomic mass is 19.1. The Balaban J connectivity index is 1.45. The van der Waals surface area contributed by atoms with Crippen molar-refractivity contribution >= 4 is 33.4 Å². The molecule has 3 atom stereocenters. The van der Waals surface area contributed by atoms with Crippen molar-refractivity contribution in [1.29, 1.82) is 0 Å². The zero-order valence-electron chi connectivity index (χ0n) is 21.0. The first-order chi connectivity index (χ1) is 17.2. The van der Waals surface area contributed by atoms with Crippen LogP contribution in [0.4, 0.5) is 15.9 Å². The number of piperidine rings is 1. The molecule has 9 nitrogen and oxygen atoms in total. The van der Waals surface area contributed by atoms with E-state index in [1.807, 2.05) is 0 Å². The summed E-state index contributed by atoms with van der Waals surface area (Å²) >= 11 is 0. The third-order valence-electron chi connectivity index (χ3n) is 7.48. The van der Waals surface area contributed by atoms with E-state index in [4.69, 9.17) is 15.5 Å². The minimum absolute atomic E-state index is 0.165. The van der Waals surface area contributed by atoms with E-state index in [0.717, 1.165) is 53.9 Å². The summed E-state index contributed by atoms with van der Waals surface area (Å²) in [6.07, 6.45) is 5.31. The Morgan fingerprint density at radius 1 is 1.19 bits per heavy atom. The third kappa shape index (κ3) is 3.80. The monoisotopic (exact) mass is 490 g/mol. The molecule has 1 saturated heterocycles. The highest BCUT2D eigenvalue weighted by Gasteiger charge is 2.42. The summed E-state index contributed by atoms with van der Waals surface area (Å²) in [6, 6.07) is 3.48. The molecule has 0 radical (unpaired) electrons. The second-order valence-corrected chi connectivity index (χ2v) is 11.0. The molecule has 1 aliphatic carbocycles. The zero-order chi connectivity index (χ0) is 25.2. The van der Waals surface area contributed by atoms with E-state index in [2.05, 4.69) is 50.9 Å². The third-order valence-corrected chi connectivity index (χ3v) is 7.48. The van der Waals surface area contributed by atoms with E-state index < -0.39 is 0 Å². The number of nitrogens with two attached hydrogens (primary N) is 1. The standard InChI is InChI=1S/C26H31FN8O/c1-26(2,3)24-30-10-15(11-31-24)36-25-33-22-20(17-8-14(27)9-19(29-4)21(17)32-22)23(34-25)35-6-5-16-13(12-35)7-18(16)28/h8-11,13,16,18,29H,5-7,12,28H2,1-4H3,(H,32,33,34). The lowest BCUT2D eigenvalue weighted by Gasteiger charge is -2.49. The summed E-state index contributed by atoms with van der Waals surface area (Å²) in [7, 11) is 1.77. The molecule has 6 rings (SSSR count). The molecule has 1 aromatic carbocycles. The number of benzene rings is 1. The molecule has 4 aromatic rings. The van der Waals surface area contributed by atoms with Gasteiger partial charge in [-0.25, -0.2) is 14.4 Å². The van der Waals surface area contributed by atoms with Crippen molar-refractivity contribution in [2.75, 3.05) is 30.4 Å². The lowest BCUT2D eigenvalue weighted by molar-refractivity contribution is 0.110. The molecule has 4 heterocycles. The smallest absolute Gasteiger partial charge is 0.326 e. The van der Waals surface area contributed by atoms with Crippen LogP contribution in [0.3, 0.4) is 0 Å². The number of nitrogens with zero attached hydrogens (tertiary/aromatic N) is 5. The van der Waals surface area contributed by atoms with Gasteiger partial charge in [0.05, 0.1) is 29.0 Å². The molecule has 188 valence electrons. The highest BCUT2D eigenvalue weighted by molar-refractivity contribution is 6.14. The average molecular weight is 491 g/mol. The molecule has 2 aliphatic rings. The van der Waals surface area contributed by atoms with Gasteiger partial charge in [-0.15, -0.1) is 0 Å². The summed E-state index contributed by atoms with van der Waals surface area (Å²) < 4.78 is 20.6. The number of H-pyrrole nitrogens is 1. The SMILES string of the molecule is CNc1cc(F)cc2c1[nH]c1nc(Oc3cnc(C(C)(C)C)nc3)nc(N3CCC4C(N)CC4C3)c12. The number of halogens is 1. The van der Waals surface area contributed by atoms with Crippen molar-refractivity contribution in [3.63, 3.8) is 0 Å². The van der Waals surface area contributed by atoms with Gasteiger partial charge in [0.1, 0.15) is 23.1 Å². The lowest BCUT2D eigenvalue weighted by atomic mass is 9.66. The van der Waals surface area contributed by atoms with Gasteiger partial charge in [0.2, 0.25) is 0 Å². The Labute approximate surface area is 208 Å². The van der Waals surface area contributed by atoms with Crippen molar-refractivity contribution in [3.05, 3.63) is 36.2 Å². The topological polar surface area (TPSA) is 118 Å². The molecule has 10 heteroatoms. The molecule has 3 aromatic heterocycles. The Bertz CT molecular complexity index is 1440. The zero-order valence-corrected chi connectivity index (χ0v) is 21.0. The summed E-state index contributed by atoms with van der Waals surface area (Å²) in [4.78, 5) is 24.0. The van der Waals surface area contributed by atoms with Crippen LogP contribution in [0.15, 0.2) is 24.5 Å². The fourth-order valence-electron chi connectivity index (χ4n) is 5.54. The molecule has 2 fully saturated rings. The first-order valence-electron chi connectivity index (χ1n) is 12.4. The van der Waals surface area contributed by atoms with E-state index in [-0.39, 0.29) is 23.3 Å².